The zero-order valence-electron chi connectivity index (χ0n) is 18.1. The number of benzene rings is 1. The molecule has 6 heteroatoms. The van der Waals surface area contributed by atoms with Crippen molar-refractivity contribution in [3.63, 3.8) is 0 Å². The first-order valence-corrected chi connectivity index (χ1v) is 11.5. The molecule has 5 rings (SSSR count). The van der Waals surface area contributed by atoms with E-state index in [-0.39, 0.29) is 23.9 Å². The van der Waals surface area contributed by atoms with Gasteiger partial charge in [-0.2, -0.15) is 0 Å². The number of rotatable bonds is 4. The van der Waals surface area contributed by atoms with Crippen LogP contribution in [0.4, 0.5) is 0 Å². The number of ether oxygens (including phenoxy) is 2. The molecule has 4 aliphatic rings. The van der Waals surface area contributed by atoms with Gasteiger partial charge in [-0.15, -0.1) is 12.4 Å². The minimum atomic E-state index is 0. The van der Waals surface area contributed by atoms with E-state index < -0.39 is 0 Å². The lowest BCUT2D eigenvalue weighted by Crippen LogP contribution is -2.58. The highest BCUT2D eigenvalue weighted by Crippen LogP contribution is 2.43. The first kappa shape index (κ1) is 21.9. The van der Waals surface area contributed by atoms with Crippen molar-refractivity contribution in [1.29, 1.82) is 0 Å². The van der Waals surface area contributed by atoms with Gasteiger partial charge in [0.15, 0.2) is 0 Å². The molecule has 3 atom stereocenters. The Morgan fingerprint density at radius 2 is 2.03 bits per heavy atom. The third-order valence-corrected chi connectivity index (χ3v) is 7.79. The summed E-state index contributed by atoms with van der Waals surface area (Å²) in [6.45, 7) is 3.98. The maximum absolute atomic E-state index is 13.3. The summed E-state index contributed by atoms with van der Waals surface area (Å²) in [5, 5.41) is 0. The van der Waals surface area contributed by atoms with Gasteiger partial charge in [0.25, 0.3) is 0 Å². The molecule has 0 N–H and O–H groups in total. The summed E-state index contributed by atoms with van der Waals surface area (Å²) in [4.78, 5) is 18.0. The molecule has 0 radical (unpaired) electrons. The van der Waals surface area contributed by atoms with Crippen molar-refractivity contribution in [2.45, 2.75) is 75.5 Å². The molecule has 3 aliphatic heterocycles. The van der Waals surface area contributed by atoms with Crippen LogP contribution in [0.3, 0.4) is 0 Å². The summed E-state index contributed by atoms with van der Waals surface area (Å²) < 4.78 is 12.0. The topological polar surface area (TPSA) is 42.0 Å². The highest BCUT2D eigenvalue weighted by atomic mass is 35.5. The second-order valence-electron chi connectivity index (χ2n) is 9.43. The molecule has 1 amide bonds. The van der Waals surface area contributed by atoms with Gasteiger partial charge in [-0.3, -0.25) is 9.69 Å². The van der Waals surface area contributed by atoms with E-state index in [1.165, 1.54) is 44.3 Å². The van der Waals surface area contributed by atoms with Crippen LogP contribution in [0.5, 0.6) is 5.75 Å². The number of carbonyl (C=O) groups excluding carboxylic acids is 1. The van der Waals surface area contributed by atoms with E-state index in [2.05, 4.69) is 15.9 Å². The number of carbonyl (C=O) groups is 1. The van der Waals surface area contributed by atoms with Crippen LogP contribution in [0.1, 0.15) is 56.1 Å². The number of halogens is 1. The van der Waals surface area contributed by atoms with Gasteiger partial charge in [-0.25, -0.2) is 0 Å². The largest absolute Gasteiger partial charge is 0.493 e. The number of nitrogens with zero attached hydrogens (tertiary/aromatic N) is 2. The highest BCUT2D eigenvalue weighted by molar-refractivity contribution is 5.85. The standard InChI is InChI=1S/C24H34N2O3.ClH/c1-25(23(27)16-18-6-4-7-22-19(18)9-15-28-22)20-8-11-24(10-5-14-29-24)17-21(20)26-12-2-3-13-26;/h4,6-7,20-21H,2-3,5,8-17H2,1H3;1H/t20-,21-,24+;/m0./s1. The maximum Gasteiger partial charge on any atom is 0.227 e. The molecule has 1 aromatic carbocycles. The molecule has 1 saturated carbocycles. The van der Waals surface area contributed by atoms with Crippen molar-refractivity contribution in [2.75, 3.05) is 33.4 Å². The molecule has 166 valence electrons. The van der Waals surface area contributed by atoms with E-state index in [0.29, 0.717) is 18.5 Å². The van der Waals surface area contributed by atoms with Gasteiger partial charge in [0.2, 0.25) is 5.91 Å². The molecule has 1 spiro atoms. The Labute approximate surface area is 186 Å². The third kappa shape index (κ3) is 4.09. The van der Waals surface area contributed by atoms with E-state index in [1.807, 2.05) is 19.2 Å². The van der Waals surface area contributed by atoms with Gasteiger partial charge in [-0.05, 0) is 69.7 Å². The molecular formula is C24H35ClN2O3. The fraction of sp³-hybridized carbons (Fsp3) is 0.708. The summed E-state index contributed by atoms with van der Waals surface area (Å²) in [6, 6.07) is 6.86. The minimum absolute atomic E-state index is 0. The van der Waals surface area contributed by atoms with Crippen LogP contribution < -0.4 is 4.74 Å². The van der Waals surface area contributed by atoms with Crippen molar-refractivity contribution in [2.24, 2.45) is 0 Å². The number of hydrogen-bond acceptors (Lipinski definition) is 4. The molecular weight excluding hydrogens is 400 g/mol. The first-order valence-electron chi connectivity index (χ1n) is 11.5. The Hall–Kier alpha value is -1.30. The molecule has 2 saturated heterocycles. The predicted molar refractivity (Wildman–Crippen MR) is 120 cm³/mol. The van der Waals surface area contributed by atoms with E-state index in [0.717, 1.165) is 50.2 Å². The van der Waals surface area contributed by atoms with E-state index in [1.54, 1.807) is 0 Å². The second-order valence-corrected chi connectivity index (χ2v) is 9.43. The Kier molecular flexibility index (Phi) is 6.61. The molecule has 0 bridgehead atoms. The van der Waals surface area contributed by atoms with E-state index in [4.69, 9.17) is 9.47 Å². The number of amides is 1. The van der Waals surface area contributed by atoms with Crippen molar-refractivity contribution in [3.05, 3.63) is 29.3 Å². The monoisotopic (exact) mass is 434 g/mol. The fourth-order valence-electron chi connectivity index (χ4n) is 6.16. The van der Waals surface area contributed by atoms with Crippen LogP contribution in [0, 0.1) is 0 Å². The van der Waals surface area contributed by atoms with Gasteiger partial charge >= 0.3 is 0 Å². The van der Waals surface area contributed by atoms with Crippen molar-refractivity contribution in [1.82, 2.24) is 9.80 Å². The smallest absolute Gasteiger partial charge is 0.227 e. The molecule has 3 fully saturated rings. The Balaban J connectivity index is 0.00000218. The van der Waals surface area contributed by atoms with Crippen molar-refractivity contribution >= 4 is 18.3 Å². The summed E-state index contributed by atoms with van der Waals surface area (Å²) >= 11 is 0. The molecule has 0 unspecified atom stereocenters. The van der Waals surface area contributed by atoms with E-state index in [9.17, 15) is 4.79 Å². The number of hydrogen-bond donors (Lipinski definition) is 0. The molecule has 1 aliphatic carbocycles. The second kappa shape index (κ2) is 9.05. The summed E-state index contributed by atoms with van der Waals surface area (Å²) in [5.74, 6) is 1.20. The summed E-state index contributed by atoms with van der Waals surface area (Å²) in [7, 11) is 2.03. The Morgan fingerprint density at radius 1 is 1.20 bits per heavy atom. The third-order valence-electron chi connectivity index (χ3n) is 7.79. The zero-order valence-corrected chi connectivity index (χ0v) is 18.9. The quantitative estimate of drug-likeness (QED) is 0.726. The van der Waals surface area contributed by atoms with Crippen molar-refractivity contribution in [3.8, 4) is 5.75 Å². The van der Waals surface area contributed by atoms with Gasteiger partial charge in [-0.1, -0.05) is 12.1 Å². The number of fused-ring (bicyclic) bond motifs is 1. The minimum Gasteiger partial charge on any atom is -0.493 e. The lowest BCUT2D eigenvalue weighted by molar-refractivity contribution is -0.136. The van der Waals surface area contributed by atoms with Crippen molar-refractivity contribution < 1.29 is 14.3 Å². The van der Waals surface area contributed by atoms with Gasteiger partial charge < -0.3 is 14.4 Å². The van der Waals surface area contributed by atoms with Crippen LogP contribution >= 0.6 is 12.4 Å². The molecule has 0 aromatic heterocycles. The predicted octanol–water partition coefficient (Wildman–Crippen LogP) is 3.61. The molecule has 1 aromatic rings. The van der Waals surface area contributed by atoms with Crippen LogP contribution in [-0.2, 0) is 22.4 Å². The normalized spacial score (nSPS) is 30.7. The van der Waals surface area contributed by atoms with Crippen LogP contribution in [0.15, 0.2) is 18.2 Å². The Morgan fingerprint density at radius 3 is 2.80 bits per heavy atom. The van der Waals surface area contributed by atoms with Gasteiger partial charge in [0, 0.05) is 37.7 Å². The highest BCUT2D eigenvalue weighted by Gasteiger charge is 2.47. The van der Waals surface area contributed by atoms with Crippen LogP contribution in [0.25, 0.3) is 0 Å². The lowest BCUT2D eigenvalue weighted by Gasteiger charge is -2.48. The molecule has 3 heterocycles. The first-order chi connectivity index (χ1) is 14.2. The van der Waals surface area contributed by atoms with E-state index >= 15 is 0 Å². The molecule has 5 nitrogen and oxygen atoms in total. The fourth-order valence-corrected chi connectivity index (χ4v) is 6.16. The lowest BCUT2D eigenvalue weighted by atomic mass is 9.76. The summed E-state index contributed by atoms with van der Waals surface area (Å²) in [6.07, 6.45) is 9.58. The number of likely N-dealkylation sites (tertiary alicyclic amines) is 1. The average Bonchev–Trinajstić information content (AvgIpc) is 3.49. The number of likely N-dealkylation sites (N-methyl/N-ethyl adjacent to an activating group) is 1. The average molecular weight is 435 g/mol. The van der Waals surface area contributed by atoms with Crippen LogP contribution in [-0.4, -0.2) is 66.7 Å². The summed E-state index contributed by atoms with van der Waals surface area (Å²) in [5.41, 5.74) is 2.44. The van der Waals surface area contributed by atoms with Gasteiger partial charge in [0.05, 0.1) is 18.6 Å². The Bertz CT molecular complexity index is 759. The molecule has 30 heavy (non-hydrogen) atoms. The van der Waals surface area contributed by atoms with Gasteiger partial charge in [0.1, 0.15) is 5.75 Å². The van der Waals surface area contributed by atoms with Crippen LogP contribution in [0.2, 0.25) is 0 Å². The SMILES string of the molecule is CN(C(=O)Cc1cccc2c1CCO2)[C@H]1CC[C@]2(CCCO2)C[C@@H]1N1CCCC1.Cl. The maximum atomic E-state index is 13.3. The zero-order chi connectivity index (χ0) is 19.8.